The average Bonchev–Trinajstić information content (AvgIpc) is 2.87. The Labute approximate surface area is 226 Å². The van der Waals surface area contributed by atoms with E-state index in [4.69, 9.17) is 9.47 Å². The fourth-order valence-electron chi connectivity index (χ4n) is 3.84. The zero-order valence-electron chi connectivity index (χ0n) is 21.1. The molecule has 0 aliphatic heterocycles. The Morgan fingerprint density at radius 2 is 1.58 bits per heavy atom. The van der Waals surface area contributed by atoms with Crippen LogP contribution in [0.4, 0.5) is 13.2 Å². The van der Waals surface area contributed by atoms with Crippen molar-refractivity contribution < 1.29 is 37.3 Å². The van der Waals surface area contributed by atoms with Crippen molar-refractivity contribution in [1.82, 2.24) is 0 Å². The number of halogens is 3. The van der Waals surface area contributed by atoms with Crippen LogP contribution >= 0.6 is 0 Å². The predicted molar refractivity (Wildman–Crippen MR) is 140 cm³/mol. The summed E-state index contributed by atoms with van der Waals surface area (Å²) in [5.41, 5.74) is 1.14. The molecule has 3 aromatic carbocycles. The van der Waals surface area contributed by atoms with E-state index in [2.05, 4.69) is 0 Å². The van der Waals surface area contributed by atoms with Gasteiger partial charge in [-0.1, -0.05) is 12.1 Å². The fraction of sp³-hybridized carbons (Fsp3) is 0.310. The molecule has 38 heavy (non-hydrogen) atoms. The molecule has 0 fully saturated rings. The molecule has 0 aliphatic carbocycles. The standard InChI is InChI=1S/C29H30AsF3O5/c1-19(2)17-25(21-9-11-22(12-10-21)29(31,32)33)30-27(34)18-38-23-13-7-20(8-14-23)15-16-37-26-6-4-3-5-24(26)28(35)36/h3-14,19,25,30H,15-18H2,1-2H3,(H,35,36). The van der Waals surface area contributed by atoms with Crippen LogP contribution < -0.4 is 9.47 Å². The number of benzene rings is 3. The van der Waals surface area contributed by atoms with Gasteiger partial charge < -0.3 is 5.11 Å². The second kappa shape index (κ2) is 13.5. The van der Waals surface area contributed by atoms with Crippen molar-refractivity contribution in [2.45, 2.75) is 37.6 Å². The van der Waals surface area contributed by atoms with Crippen LogP contribution in [0.5, 0.6) is 11.5 Å². The molecule has 0 saturated carbocycles. The number of carbonyl (C=O) groups excluding carboxylic acids is 1. The second-order valence-corrected chi connectivity index (χ2v) is 12.4. The van der Waals surface area contributed by atoms with E-state index in [0.717, 1.165) is 29.7 Å². The Kier molecular flexibility index (Phi) is 10.4. The fourth-order valence-corrected chi connectivity index (χ4v) is 6.97. The van der Waals surface area contributed by atoms with Crippen molar-refractivity contribution in [3.63, 3.8) is 0 Å². The zero-order valence-corrected chi connectivity index (χ0v) is 23.2. The Bertz CT molecular complexity index is 1210. The molecule has 0 radical (unpaired) electrons. The molecule has 2 atom stereocenters. The van der Waals surface area contributed by atoms with Gasteiger partial charge in [0.25, 0.3) is 0 Å². The van der Waals surface area contributed by atoms with Gasteiger partial charge in [0.1, 0.15) is 0 Å². The van der Waals surface area contributed by atoms with Crippen LogP contribution in [0, 0.1) is 5.92 Å². The van der Waals surface area contributed by atoms with Gasteiger partial charge in [0.15, 0.2) is 0 Å². The molecule has 5 nitrogen and oxygen atoms in total. The summed E-state index contributed by atoms with van der Waals surface area (Å²) in [6, 6.07) is 18.8. The summed E-state index contributed by atoms with van der Waals surface area (Å²) >= 11 is -1.16. The molecule has 0 bridgehead atoms. The molecular weight excluding hydrogens is 560 g/mol. The molecule has 2 unspecified atom stereocenters. The predicted octanol–water partition coefficient (Wildman–Crippen LogP) is 6.15. The first kappa shape index (κ1) is 29.3. The third-order valence-corrected chi connectivity index (χ3v) is 8.65. The quantitative estimate of drug-likeness (QED) is 0.242. The van der Waals surface area contributed by atoms with Crippen molar-refractivity contribution in [2.24, 2.45) is 5.92 Å². The Hall–Kier alpha value is -3.25. The third-order valence-electron chi connectivity index (χ3n) is 5.74. The summed E-state index contributed by atoms with van der Waals surface area (Å²) in [4.78, 5) is 24.0. The Morgan fingerprint density at radius 3 is 2.18 bits per heavy atom. The van der Waals surface area contributed by atoms with Crippen LogP contribution in [0.2, 0.25) is 0 Å². The number of hydrogen-bond donors (Lipinski definition) is 1. The summed E-state index contributed by atoms with van der Waals surface area (Å²) in [5.74, 6) is 0.109. The minimum absolute atomic E-state index is 0.00915. The van der Waals surface area contributed by atoms with Crippen molar-refractivity contribution >= 4 is 26.3 Å². The van der Waals surface area contributed by atoms with Gasteiger partial charge in [-0.2, -0.15) is 0 Å². The van der Waals surface area contributed by atoms with Crippen LogP contribution in [-0.4, -0.2) is 44.6 Å². The molecule has 1 N–H and O–H groups in total. The molecule has 0 amide bonds. The maximum absolute atomic E-state index is 12.9. The van der Waals surface area contributed by atoms with Crippen molar-refractivity contribution in [3.8, 4) is 11.5 Å². The SMILES string of the molecule is CC(C)CC([AsH]C(=O)COc1ccc(CCOc2ccccc2C(=O)O)cc1)c1ccc(C(F)(F)F)cc1. The van der Waals surface area contributed by atoms with Crippen molar-refractivity contribution in [3.05, 3.63) is 95.1 Å². The maximum atomic E-state index is 12.9. The van der Waals surface area contributed by atoms with E-state index in [1.165, 1.54) is 18.2 Å². The number of hydrogen-bond acceptors (Lipinski definition) is 4. The normalized spacial score (nSPS) is 12.6. The molecule has 9 heteroatoms. The molecule has 0 aromatic heterocycles. The first-order chi connectivity index (χ1) is 18.0. The van der Waals surface area contributed by atoms with Crippen LogP contribution in [-0.2, 0) is 17.4 Å². The van der Waals surface area contributed by atoms with E-state index in [-0.39, 0.29) is 21.4 Å². The van der Waals surface area contributed by atoms with E-state index in [1.54, 1.807) is 30.3 Å². The number of para-hydroxylation sites is 1. The van der Waals surface area contributed by atoms with E-state index < -0.39 is 33.5 Å². The summed E-state index contributed by atoms with van der Waals surface area (Å²) in [5, 5.41) is 9.23. The van der Waals surface area contributed by atoms with Crippen molar-refractivity contribution in [2.75, 3.05) is 13.2 Å². The van der Waals surface area contributed by atoms with Crippen LogP contribution in [0.25, 0.3) is 0 Å². The second-order valence-electron chi connectivity index (χ2n) is 9.20. The van der Waals surface area contributed by atoms with E-state index >= 15 is 0 Å². The van der Waals surface area contributed by atoms with Crippen molar-refractivity contribution in [1.29, 1.82) is 0 Å². The molecule has 0 saturated heterocycles. The molecule has 0 aliphatic rings. The van der Waals surface area contributed by atoms with Gasteiger partial charge in [0, 0.05) is 0 Å². The Morgan fingerprint density at radius 1 is 0.921 bits per heavy atom. The van der Waals surface area contributed by atoms with Crippen LogP contribution in [0.15, 0.2) is 72.8 Å². The number of alkyl halides is 3. The third kappa shape index (κ3) is 8.94. The number of ether oxygens (including phenoxy) is 2. The van der Waals surface area contributed by atoms with Gasteiger partial charge >= 0.3 is 199 Å². The molecule has 202 valence electrons. The minimum atomic E-state index is -4.39. The number of aromatic carboxylic acids is 1. The summed E-state index contributed by atoms with van der Waals surface area (Å²) in [6.07, 6.45) is -3.10. The molecule has 3 aromatic rings. The number of carbonyl (C=O) groups is 2. The number of carboxylic acid groups (broad SMARTS) is 1. The molecule has 0 heterocycles. The molecule has 3 rings (SSSR count). The first-order valence-electron chi connectivity index (χ1n) is 12.2. The van der Waals surface area contributed by atoms with Gasteiger partial charge in [-0.05, 0) is 6.07 Å². The zero-order chi connectivity index (χ0) is 27.7. The summed E-state index contributed by atoms with van der Waals surface area (Å²) < 4.78 is 50.0. The van der Waals surface area contributed by atoms with Crippen LogP contribution in [0.3, 0.4) is 0 Å². The summed E-state index contributed by atoms with van der Waals surface area (Å²) in [7, 11) is 0. The van der Waals surface area contributed by atoms with Gasteiger partial charge in [-0.15, -0.1) is 0 Å². The Balaban J connectivity index is 1.50. The number of carboxylic acids is 1. The van der Waals surface area contributed by atoms with Gasteiger partial charge in [0.05, 0.1) is 0 Å². The topological polar surface area (TPSA) is 72.8 Å². The van der Waals surface area contributed by atoms with E-state index in [9.17, 15) is 27.9 Å². The van der Waals surface area contributed by atoms with Crippen LogP contribution in [0.1, 0.15) is 52.0 Å². The molecule has 0 spiro atoms. The van der Waals surface area contributed by atoms with E-state index in [1.807, 2.05) is 26.0 Å². The first-order valence-corrected chi connectivity index (χ1v) is 14.4. The van der Waals surface area contributed by atoms with E-state index in [0.29, 0.717) is 30.4 Å². The van der Waals surface area contributed by atoms with Gasteiger partial charge in [-0.25, -0.2) is 4.79 Å². The summed E-state index contributed by atoms with van der Waals surface area (Å²) in [6.45, 7) is 4.28. The van der Waals surface area contributed by atoms with Gasteiger partial charge in [-0.3, -0.25) is 0 Å². The van der Waals surface area contributed by atoms with Gasteiger partial charge in [0.2, 0.25) is 0 Å². The monoisotopic (exact) mass is 590 g/mol. The molecular formula is C29H30AsF3O5. The number of rotatable bonds is 13. The average molecular weight is 590 g/mol.